The number of anilines is 1. The van der Waals surface area contributed by atoms with Crippen molar-refractivity contribution in [2.24, 2.45) is 0 Å². The third-order valence-electron chi connectivity index (χ3n) is 5.42. The number of fused-ring (bicyclic) bond motifs is 1. The van der Waals surface area contributed by atoms with E-state index in [9.17, 15) is 19.2 Å². The van der Waals surface area contributed by atoms with Gasteiger partial charge in [0.05, 0.1) is 44.1 Å². The number of rotatable bonds is 11. The molecule has 0 radical (unpaired) electrons. The number of hydrogen-bond acceptors (Lipinski definition) is 9. The number of nitrogens with one attached hydrogen (secondary N) is 1. The van der Waals surface area contributed by atoms with Gasteiger partial charge in [-0.25, -0.2) is 9.59 Å². The van der Waals surface area contributed by atoms with Crippen LogP contribution in [0.3, 0.4) is 0 Å². The van der Waals surface area contributed by atoms with Crippen LogP contribution in [0.4, 0.5) is 5.69 Å². The second-order valence-corrected chi connectivity index (χ2v) is 7.55. The minimum Gasteiger partial charge on any atom is -0.493 e. The van der Waals surface area contributed by atoms with Crippen molar-refractivity contribution in [2.45, 2.75) is 20.3 Å². The molecule has 0 saturated carbocycles. The predicted octanol–water partition coefficient (Wildman–Crippen LogP) is 3.18. The molecule has 2 aromatic rings. The Morgan fingerprint density at radius 3 is 1.97 bits per heavy atom. The zero-order valence-corrected chi connectivity index (χ0v) is 20.6. The zero-order valence-electron chi connectivity index (χ0n) is 20.6. The van der Waals surface area contributed by atoms with Gasteiger partial charge in [0.2, 0.25) is 0 Å². The van der Waals surface area contributed by atoms with Gasteiger partial charge in [-0.2, -0.15) is 0 Å². The van der Waals surface area contributed by atoms with Gasteiger partial charge in [0.25, 0.3) is 11.8 Å². The molecule has 1 aliphatic heterocycles. The van der Waals surface area contributed by atoms with Crippen molar-refractivity contribution >= 4 is 29.4 Å². The van der Waals surface area contributed by atoms with E-state index in [0.29, 0.717) is 28.3 Å². The highest BCUT2D eigenvalue weighted by atomic mass is 16.5. The Balaban J connectivity index is 1.98. The van der Waals surface area contributed by atoms with Crippen LogP contribution in [0.15, 0.2) is 53.7 Å². The summed E-state index contributed by atoms with van der Waals surface area (Å²) in [4.78, 5) is 52.5. The lowest BCUT2D eigenvalue weighted by Crippen LogP contribution is -2.32. The summed E-state index contributed by atoms with van der Waals surface area (Å²) in [6.45, 7) is 3.24. The maximum atomic E-state index is 12.9. The summed E-state index contributed by atoms with van der Waals surface area (Å²) in [6.07, 6.45) is -0.140. The van der Waals surface area contributed by atoms with E-state index in [4.69, 9.17) is 18.9 Å². The Kier molecular flexibility index (Phi) is 8.66. The van der Waals surface area contributed by atoms with Crippen LogP contribution in [-0.4, -0.2) is 62.6 Å². The van der Waals surface area contributed by atoms with Gasteiger partial charge in [0.1, 0.15) is 5.70 Å². The SMILES string of the molecule is CCOC(=O)/C(CCN1C(=O)c2ccccc2C1=O)=C(\Nc1ccc(OC)c(OC)c1)C(=O)OCC. The number of nitrogens with zero attached hydrogens (tertiary/aromatic N) is 1. The zero-order chi connectivity index (χ0) is 26.2. The van der Waals surface area contributed by atoms with Gasteiger partial charge < -0.3 is 24.3 Å². The Morgan fingerprint density at radius 1 is 0.833 bits per heavy atom. The highest BCUT2D eigenvalue weighted by Gasteiger charge is 2.36. The number of carbonyl (C=O) groups excluding carboxylic acids is 4. The van der Waals surface area contributed by atoms with Crippen LogP contribution in [0, 0.1) is 0 Å². The van der Waals surface area contributed by atoms with Crippen molar-refractivity contribution in [1.82, 2.24) is 4.90 Å². The smallest absolute Gasteiger partial charge is 0.355 e. The van der Waals surface area contributed by atoms with Gasteiger partial charge in [0.15, 0.2) is 11.5 Å². The molecule has 0 saturated heterocycles. The van der Waals surface area contributed by atoms with E-state index in [1.807, 2.05) is 0 Å². The van der Waals surface area contributed by atoms with Gasteiger partial charge >= 0.3 is 11.9 Å². The van der Waals surface area contributed by atoms with Gasteiger partial charge in [-0.3, -0.25) is 14.5 Å². The molecule has 0 bridgehead atoms. The molecule has 0 aliphatic carbocycles. The molecule has 0 atom stereocenters. The molecule has 10 heteroatoms. The second kappa shape index (κ2) is 11.9. The summed E-state index contributed by atoms with van der Waals surface area (Å²) in [6, 6.07) is 11.3. The van der Waals surface area contributed by atoms with Crippen LogP contribution in [-0.2, 0) is 19.1 Å². The van der Waals surface area contributed by atoms with Crippen LogP contribution in [0.5, 0.6) is 11.5 Å². The first-order valence-electron chi connectivity index (χ1n) is 11.4. The Hall–Kier alpha value is -4.34. The number of imide groups is 1. The number of hydrogen-bond donors (Lipinski definition) is 1. The molecular weight excluding hydrogens is 468 g/mol. The van der Waals surface area contributed by atoms with Crippen molar-refractivity contribution in [3.8, 4) is 11.5 Å². The van der Waals surface area contributed by atoms with Crippen molar-refractivity contribution in [3.05, 3.63) is 64.9 Å². The first kappa shape index (κ1) is 26.3. The molecule has 1 heterocycles. The van der Waals surface area contributed by atoms with Crippen molar-refractivity contribution in [1.29, 1.82) is 0 Å². The van der Waals surface area contributed by atoms with E-state index in [1.165, 1.54) is 14.2 Å². The lowest BCUT2D eigenvalue weighted by Gasteiger charge is -2.19. The predicted molar refractivity (Wildman–Crippen MR) is 130 cm³/mol. The maximum absolute atomic E-state index is 12.9. The fourth-order valence-corrected chi connectivity index (χ4v) is 3.72. The molecule has 2 amide bonds. The molecule has 1 N–H and O–H groups in total. The van der Waals surface area contributed by atoms with E-state index in [1.54, 1.807) is 56.3 Å². The summed E-state index contributed by atoms with van der Waals surface area (Å²) in [5, 5.41) is 2.92. The fourth-order valence-electron chi connectivity index (χ4n) is 3.72. The molecule has 0 unspecified atom stereocenters. The first-order chi connectivity index (χ1) is 17.4. The molecule has 0 fully saturated rings. The van der Waals surface area contributed by atoms with Gasteiger partial charge in [-0.05, 0) is 38.1 Å². The van der Waals surface area contributed by atoms with Crippen LogP contribution in [0.1, 0.15) is 41.0 Å². The van der Waals surface area contributed by atoms with Gasteiger partial charge in [0, 0.05) is 24.7 Å². The van der Waals surface area contributed by atoms with Gasteiger partial charge in [-0.1, -0.05) is 12.1 Å². The van der Waals surface area contributed by atoms with Crippen molar-refractivity contribution in [3.63, 3.8) is 0 Å². The molecule has 0 aromatic heterocycles. The average molecular weight is 497 g/mol. The molecule has 10 nitrogen and oxygen atoms in total. The Morgan fingerprint density at radius 2 is 1.42 bits per heavy atom. The van der Waals surface area contributed by atoms with Crippen LogP contribution in [0.2, 0.25) is 0 Å². The van der Waals surface area contributed by atoms with E-state index in [2.05, 4.69) is 5.32 Å². The number of ether oxygens (including phenoxy) is 4. The Labute approximate surface area is 208 Å². The van der Waals surface area contributed by atoms with E-state index >= 15 is 0 Å². The summed E-state index contributed by atoms with van der Waals surface area (Å²) < 4.78 is 20.9. The summed E-state index contributed by atoms with van der Waals surface area (Å²) >= 11 is 0. The number of esters is 2. The molecule has 190 valence electrons. The molecular formula is C26H28N2O8. The van der Waals surface area contributed by atoms with E-state index in [0.717, 1.165) is 4.90 Å². The quantitative estimate of drug-likeness (QED) is 0.284. The average Bonchev–Trinajstić information content (AvgIpc) is 3.13. The third-order valence-corrected chi connectivity index (χ3v) is 5.42. The summed E-state index contributed by atoms with van der Waals surface area (Å²) in [5.74, 6) is -1.63. The summed E-state index contributed by atoms with van der Waals surface area (Å²) in [7, 11) is 2.96. The van der Waals surface area contributed by atoms with Crippen molar-refractivity contribution < 1.29 is 38.1 Å². The maximum Gasteiger partial charge on any atom is 0.355 e. The molecule has 0 spiro atoms. The standard InChI is InChI=1S/C26H28N2O8/c1-5-35-25(31)19(13-14-28-23(29)17-9-7-8-10-18(17)24(28)30)22(26(32)36-6-2)27-16-11-12-20(33-3)21(15-16)34-4/h7-12,15,27H,5-6,13-14H2,1-4H3/b22-19-. The number of benzene rings is 2. The van der Waals surface area contributed by atoms with Crippen LogP contribution >= 0.6 is 0 Å². The monoisotopic (exact) mass is 496 g/mol. The molecule has 2 aromatic carbocycles. The highest BCUT2D eigenvalue weighted by molar-refractivity contribution is 6.21. The van der Waals surface area contributed by atoms with E-state index < -0.39 is 23.8 Å². The molecule has 3 rings (SSSR count). The largest absolute Gasteiger partial charge is 0.493 e. The minimum atomic E-state index is -0.794. The first-order valence-corrected chi connectivity index (χ1v) is 11.4. The Bertz CT molecular complexity index is 1170. The van der Waals surface area contributed by atoms with Gasteiger partial charge in [-0.15, -0.1) is 0 Å². The lowest BCUT2D eigenvalue weighted by molar-refractivity contribution is -0.141. The molecule has 1 aliphatic rings. The second-order valence-electron chi connectivity index (χ2n) is 7.55. The minimum absolute atomic E-state index is 0.0574. The number of methoxy groups -OCH3 is 2. The van der Waals surface area contributed by atoms with Crippen LogP contribution < -0.4 is 14.8 Å². The van der Waals surface area contributed by atoms with Crippen molar-refractivity contribution in [2.75, 3.05) is 39.3 Å². The topological polar surface area (TPSA) is 120 Å². The molecule has 36 heavy (non-hydrogen) atoms. The van der Waals surface area contributed by atoms with E-state index in [-0.39, 0.29) is 37.4 Å². The number of amides is 2. The van der Waals surface area contributed by atoms with Crippen LogP contribution in [0.25, 0.3) is 0 Å². The normalized spacial score (nSPS) is 13.1. The summed E-state index contributed by atoms with van der Waals surface area (Å²) in [5.41, 5.74) is 0.760. The highest BCUT2D eigenvalue weighted by Crippen LogP contribution is 2.31. The fraction of sp³-hybridized carbons (Fsp3) is 0.308. The lowest BCUT2D eigenvalue weighted by atomic mass is 10.1. The number of carbonyl (C=O) groups is 4. The third kappa shape index (κ3) is 5.48.